The summed E-state index contributed by atoms with van der Waals surface area (Å²) >= 11 is 0. The number of carboxylic acids is 1. The molecule has 9 nitrogen and oxygen atoms in total. The molecule has 3 aromatic rings. The van der Waals surface area contributed by atoms with Crippen molar-refractivity contribution in [2.24, 2.45) is 13.0 Å². The van der Waals surface area contributed by atoms with Gasteiger partial charge < -0.3 is 20.5 Å². The van der Waals surface area contributed by atoms with E-state index in [1.807, 2.05) is 0 Å². The van der Waals surface area contributed by atoms with Crippen LogP contribution < -0.4 is 15.4 Å². The Kier molecular flexibility index (Phi) is 6.24. The Morgan fingerprint density at radius 2 is 2.08 bits per heavy atom. The van der Waals surface area contributed by atoms with Crippen LogP contribution in [0.2, 0.25) is 0 Å². The number of benzene rings is 2. The number of ether oxygens (including phenoxy) is 1. The normalized spacial score (nSPS) is 19.8. The number of hydrogen-bond donors (Lipinski definition) is 3. The van der Waals surface area contributed by atoms with E-state index in [4.69, 9.17) is 9.84 Å². The van der Waals surface area contributed by atoms with Gasteiger partial charge in [-0.15, -0.1) is 0 Å². The fourth-order valence-electron chi connectivity index (χ4n) is 4.93. The monoisotopic (exact) mass is 504 g/mol. The van der Waals surface area contributed by atoms with E-state index < -0.39 is 17.2 Å². The third-order valence-corrected chi connectivity index (χ3v) is 6.87. The number of carbonyl (C=O) groups excluding carboxylic acids is 2. The first-order chi connectivity index (χ1) is 17.7. The number of carbonyl (C=O) groups is 3. The van der Waals surface area contributed by atoms with E-state index in [-0.39, 0.29) is 24.2 Å². The second-order valence-electron chi connectivity index (χ2n) is 9.31. The highest BCUT2D eigenvalue weighted by molar-refractivity contribution is 6.04. The van der Waals surface area contributed by atoms with Crippen molar-refractivity contribution in [1.82, 2.24) is 9.78 Å². The van der Waals surface area contributed by atoms with E-state index in [0.29, 0.717) is 47.7 Å². The maximum Gasteiger partial charge on any atom is 0.327 e. The maximum atomic E-state index is 14.0. The molecule has 190 valence electrons. The number of allylic oxidation sites excluding steroid dienone is 1. The van der Waals surface area contributed by atoms with E-state index in [1.165, 1.54) is 24.3 Å². The van der Waals surface area contributed by atoms with Gasteiger partial charge in [-0.1, -0.05) is 12.1 Å². The molecule has 5 rings (SSSR count). The van der Waals surface area contributed by atoms with Crippen LogP contribution in [0.3, 0.4) is 0 Å². The van der Waals surface area contributed by atoms with Crippen LogP contribution in [0.4, 0.5) is 15.8 Å². The van der Waals surface area contributed by atoms with Gasteiger partial charge in [-0.2, -0.15) is 5.10 Å². The predicted molar refractivity (Wildman–Crippen MR) is 133 cm³/mol. The van der Waals surface area contributed by atoms with Crippen molar-refractivity contribution in [3.8, 4) is 5.75 Å². The van der Waals surface area contributed by atoms with Crippen molar-refractivity contribution in [3.63, 3.8) is 0 Å². The molecule has 0 unspecified atom stereocenters. The molecular formula is C27H25FN4O5. The second kappa shape index (κ2) is 9.53. The summed E-state index contributed by atoms with van der Waals surface area (Å²) in [5.41, 5.74) is 2.25. The van der Waals surface area contributed by atoms with Crippen LogP contribution in [-0.2, 0) is 28.5 Å². The average molecular weight is 505 g/mol. The lowest BCUT2D eigenvalue weighted by atomic mass is 9.86. The van der Waals surface area contributed by atoms with Gasteiger partial charge in [0.1, 0.15) is 11.6 Å². The first-order valence-electron chi connectivity index (χ1n) is 11.8. The molecule has 37 heavy (non-hydrogen) atoms. The topological polar surface area (TPSA) is 123 Å². The van der Waals surface area contributed by atoms with Crippen LogP contribution in [-0.4, -0.2) is 39.3 Å². The molecule has 1 saturated carbocycles. The van der Waals surface area contributed by atoms with Crippen molar-refractivity contribution in [1.29, 1.82) is 0 Å². The number of carboxylic acid groups (broad SMARTS) is 1. The number of nitrogens with zero attached hydrogens (tertiary/aromatic N) is 2. The van der Waals surface area contributed by atoms with E-state index >= 15 is 0 Å². The molecular weight excluding hydrogens is 479 g/mol. The number of anilines is 2. The standard InChI is InChI=1S/C27H25FN4O5/c1-32-15-19(14-29-32)30-25(35)17-6-8-23-20(11-17)27(9-10-37-23)13-21(27)26(36)31-22-12-18(28)7-5-16(22)3-2-4-24(33)34/h2,4-8,11-12,14-15,21H,3,9-10,13H2,1H3,(H,30,35)(H,31,36)(H,33,34)/t21-,27-/m0/s1. The number of aliphatic carboxylic acids is 1. The number of fused-ring (bicyclic) bond motifs is 2. The number of rotatable bonds is 7. The van der Waals surface area contributed by atoms with E-state index in [0.717, 1.165) is 11.6 Å². The van der Waals surface area contributed by atoms with Gasteiger partial charge in [-0.25, -0.2) is 9.18 Å². The summed E-state index contributed by atoms with van der Waals surface area (Å²) in [6, 6.07) is 9.24. The molecule has 1 spiro atoms. The summed E-state index contributed by atoms with van der Waals surface area (Å²) < 4.78 is 21.4. The van der Waals surface area contributed by atoms with Crippen molar-refractivity contribution >= 4 is 29.2 Å². The molecule has 10 heteroatoms. The fraction of sp³-hybridized carbons (Fsp3) is 0.259. The summed E-state index contributed by atoms with van der Waals surface area (Å²) in [6.07, 6.45) is 7.11. The fourth-order valence-corrected chi connectivity index (χ4v) is 4.93. The molecule has 0 bridgehead atoms. The minimum Gasteiger partial charge on any atom is -0.493 e. The number of halogens is 1. The van der Waals surface area contributed by atoms with Crippen molar-refractivity contribution in [2.75, 3.05) is 17.2 Å². The van der Waals surface area contributed by atoms with Gasteiger partial charge in [0, 0.05) is 47.5 Å². The van der Waals surface area contributed by atoms with Crippen LogP contribution in [0.25, 0.3) is 0 Å². The van der Waals surface area contributed by atoms with E-state index in [2.05, 4.69) is 15.7 Å². The highest BCUT2D eigenvalue weighted by Gasteiger charge is 2.61. The summed E-state index contributed by atoms with van der Waals surface area (Å²) in [5.74, 6) is -1.88. The molecule has 1 aliphatic heterocycles. The van der Waals surface area contributed by atoms with Crippen molar-refractivity contribution in [2.45, 2.75) is 24.7 Å². The zero-order valence-corrected chi connectivity index (χ0v) is 20.0. The summed E-state index contributed by atoms with van der Waals surface area (Å²) in [5, 5.41) is 18.5. The lowest BCUT2D eigenvalue weighted by Gasteiger charge is -2.27. The summed E-state index contributed by atoms with van der Waals surface area (Å²) in [4.78, 5) is 36.9. The molecule has 1 aliphatic carbocycles. The molecule has 2 atom stereocenters. The minimum atomic E-state index is -1.08. The molecule has 0 saturated heterocycles. The third-order valence-electron chi connectivity index (χ3n) is 6.87. The predicted octanol–water partition coefficient (Wildman–Crippen LogP) is 3.67. The Morgan fingerprint density at radius 3 is 2.84 bits per heavy atom. The Balaban J connectivity index is 1.35. The minimum absolute atomic E-state index is 0.226. The highest BCUT2D eigenvalue weighted by atomic mass is 19.1. The highest BCUT2D eigenvalue weighted by Crippen LogP contribution is 2.61. The maximum absolute atomic E-state index is 14.0. The van der Waals surface area contributed by atoms with Crippen molar-refractivity contribution < 1.29 is 28.6 Å². The molecule has 0 radical (unpaired) electrons. The van der Waals surface area contributed by atoms with E-state index in [9.17, 15) is 18.8 Å². The number of aryl methyl sites for hydroxylation is 1. The molecule has 2 amide bonds. The number of hydrogen-bond acceptors (Lipinski definition) is 5. The molecule has 2 aliphatic rings. The lowest BCUT2D eigenvalue weighted by molar-refractivity contribution is -0.131. The zero-order valence-electron chi connectivity index (χ0n) is 20.0. The van der Waals surface area contributed by atoms with Crippen LogP contribution >= 0.6 is 0 Å². The van der Waals surface area contributed by atoms with Gasteiger partial charge in [0.05, 0.1) is 18.5 Å². The van der Waals surface area contributed by atoms with Gasteiger partial charge in [0.2, 0.25) is 5.91 Å². The van der Waals surface area contributed by atoms with Crippen LogP contribution in [0, 0.1) is 11.7 Å². The molecule has 2 heterocycles. The lowest BCUT2D eigenvalue weighted by Crippen LogP contribution is -2.27. The van der Waals surface area contributed by atoms with Gasteiger partial charge in [-0.3, -0.25) is 14.3 Å². The largest absolute Gasteiger partial charge is 0.493 e. The average Bonchev–Trinajstić information content (AvgIpc) is 3.43. The van der Waals surface area contributed by atoms with Crippen LogP contribution in [0.15, 0.2) is 60.9 Å². The van der Waals surface area contributed by atoms with Crippen LogP contribution in [0.5, 0.6) is 5.75 Å². The Hall–Kier alpha value is -4.47. The molecule has 1 fully saturated rings. The molecule has 1 aromatic heterocycles. The van der Waals surface area contributed by atoms with Crippen molar-refractivity contribution in [3.05, 3.63) is 83.5 Å². The van der Waals surface area contributed by atoms with E-state index in [1.54, 1.807) is 42.3 Å². The van der Waals surface area contributed by atoms with Gasteiger partial charge in [0.15, 0.2) is 0 Å². The first kappa shape index (κ1) is 24.2. The molecule has 2 aromatic carbocycles. The Morgan fingerprint density at radius 1 is 1.24 bits per heavy atom. The van der Waals surface area contributed by atoms with Gasteiger partial charge >= 0.3 is 5.97 Å². The summed E-state index contributed by atoms with van der Waals surface area (Å²) in [7, 11) is 1.76. The Bertz CT molecular complexity index is 1430. The molecule has 3 N–H and O–H groups in total. The number of amides is 2. The second-order valence-corrected chi connectivity index (χ2v) is 9.31. The number of nitrogens with one attached hydrogen (secondary N) is 2. The Labute approximate surface area is 211 Å². The zero-order chi connectivity index (χ0) is 26.2. The smallest absolute Gasteiger partial charge is 0.327 e. The van der Waals surface area contributed by atoms with Gasteiger partial charge in [0.25, 0.3) is 5.91 Å². The third kappa shape index (κ3) is 4.95. The van der Waals surface area contributed by atoms with Crippen LogP contribution in [0.1, 0.15) is 34.3 Å². The quantitative estimate of drug-likeness (QED) is 0.422. The SMILES string of the molecule is Cn1cc(NC(=O)c2ccc3c(c2)[C@]2(CCO3)C[C@H]2C(=O)Nc2cc(F)ccc2CC=CC(=O)O)cn1. The van der Waals surface area contributed by atoms with Gasteiger partial charge in [-0.05, 0) is 55.2 Å². The number of aromatic nitrogens is 2. The first-order valence-corrected chi connectivity index (χ1v) is 11.8. The summed E-state index contributed by atoms with van der Waals surface area (Å²) in [6.45, 7) is 0.448.